The minimum atomic E-state index is -0.114. The van der Waals surface area contributed by atoms with Gasteiger partial charge in [-0.2, -0.15) is 4.98 Å². The summed E-state index contributed by atoms with van der Waals surface area (Å²) in [7, 11) is 1.75. The van der Waals surface area contributed by atoms with Gasteiger partial charge in [-0.15, -0.1) is 5.92 Å². The zero-order valence-electron chi connectivity index (χ0n) is 14.6. The van der Waals surface area contributed by atoms with E-state index in [1.807, 2.05) is 0 Å². The van der Waals surface area contributed by atoms with Gasteiger partial charge in [-0.1, -0.05) is 31.5 Å². The van der Waals surface area contributed by atoms with Crippen molar-refractivity contribution in [2.75, 3.05) is 18.4 Å². The van der Waals surface area contributed by atoms with Crippen LogP contribution in [0.4, 0.5) is 5.95 Å². The van der Waals surface area contributed by atoms with Gasteiger partial charge in [0.15, 0.2) is 16.3 Å². The molecule has 0 spiro atoms. The van der Waals surface area contributed by atoms with Gasteiger partial charge in [-0.3, -0.25) is 13.9 Å². The molecule has 0 radical (unpaired) electrons. The summed E-state index contributed by atoms with van der Waals surface area (Å²) < 4.78 is 3.36. The Bertz CT molecular complexity index is 829. The van der Waals surface area contributed by atoms with Crippen LogP contribution in [0.25, 0.3) is 11.2 Å². The average Bonchev–Trinajstić information content (AvgIpc) is 2.92. The molecule has 0 aliphatic rings. The lowest BCUT2D eigenvalue weighted by Crippen LogP contribution is -2.23. The van der Waals surface area contributed by atoms with Gasteiger partial charge in [0.05, 0.1) is 6.54 Å². The van der Waals surface area contributed by atoms with Crippen molar-refractivity contribution in [1.82, 2.24) is 19.1 Å². The average molecular weight is 348 g/mol. The molecule has 2 aromatic heterocycles. The van der Waals surface area contributed by atoms with Crippen molar-refractivity contribution < 1.29 is 0 Å². The SMILES string of the molecule is CC#CCn1c(NCCN)nc2nc(SC(C)CC)n(C)c(=O)c21. The predicted octanol–water partition coefficient (Wildman–Crippen LogP) is 1.41. The third kappa shape index (κ3) is 3.74. The van der Waals surface area contributed by atoms with Gasteiger partial charge in [0.1, 0.15) is 0 Å². The van der Waals surface area contributed by atoms with E-state index >= 15 is 0 Å². The molecule has 2 rings (SSSR count). The summed E-state index contributed by atoms with van der Waals surface area (Å²) in [5.41, 5.74) is 6.35. The molecule has 7 nitrogen and oxygen atoms in total. The Labute approximate surface area is 146 Å². The van der Waals surface area contributed by atoms with Crippen LogP contribution in [0.3, 0.4) is 0 Å². The van der Waals surface area contributed by atoms with E-state index in [1.165, 1.54) is 0 Å². The van der Waals surface area contributed by atoms with Crippen molar-refractivity contribution in [1.29, 1.82) is 0 Å². The van der Waals surface area contributed by atoms with Gasteiger partial charge < -0.3 is 11.1 Å². The number of hydrogen-bond acceptors (Lipinski definition) is 6. The summed E-state index contributed by atoms with van der Waals surface area (Å²) in [6, 6.07) is 0. The Balaban J connectivity index is 2.61. The first-order chi connectivity index (χ1) is 11.5. The zero-order valence-corrected chi connectivity index (χ0v) is 15.4. The first-order valence-electron chi connectivity index (χ1n) is 8.00. The fourth-order valence-electron chi connectivity index (χ4n) is 2.14. The Hall–Kier alpha value is -1.98. The van der Waals surface area contributed by atoms with Crippen LogP contribution < -0.4 is 16.6 Å². The molecule has 1 unspecified atom stereocenters. The standard InChI is InChI=1S/C16H24N6OS/c1-5-7-10-22-12-13(19-15(22)18-9-8-17)20-16(21(4)14(12)23)24-11(3)6-2/h11H,6,8-10,17H2,1-4H3,(H,18,19). The van der Waals surface area contributed by atoms with Crippen molar-refractivity contribution in [3.8, 4) is 11.8 Å². The number of imidazole rings is 1. The number of anilines is 1. The Morgan fingerprint density at radius 3 is 2.79 bits per heavy atom. The summed E-state index contributed by atoms with van der Waals surface area (Å²) >= 11 is 1.58. The van der Waals surface area contributed by atoms with E-state index in [1.54, 1.807) is 34.9 Å². The molecule has 2 heterocycles. The van der Waals surface area contributed by atoms with Gasteiger partial charge in [0, 0.05) is 25.4 Å². The molecule has 24 heavy (non-hydrogen) atoms. The Morgan fingerprint density at radius 1 is 1.42 bits per heavy atom. The Kier molecular flexibility index (Phi) is 6.29. The summed E-state index contributed by atoms with van der Waals surface area (Å²) in [6.45, 7) is 7.42. The third-order valence-electron chi connectivity index (χ3n) is 3.67. The van der Waals surface area contributed by atoms with Crippen LogP contribution in [0.2, 0.25) is 0 Å². The van der Waals surface area contributed by atoms with E-state index in [0.29, 0.717) is 47.2 Å². The molecule has 0 aromatic carbocycles. The highest BCUT2D eigenvalue weighted by atomic mass is 32.2. The molecule has 0 saturated carbocycles. The lowest BCUT2D eigenvalue weighted by atomic mass is 10.4. The molecular formula is C16H24N6OS. The van der Waals surface area contributed by atoms with Crippen LogP contribution in [0, 0.1) is 11.8 Å². The number of thioether (sulfide) groups is 1. The second kappa shape index (κ2) is 8.22. The van der Waals surface area contributed by atoms with Crippen molar-refractivity contribution >= 4 is 28.9 Å². The molecule has 3 N–H and O–H groups in total. The molecule has 2 aromatic rings. The molecule has 0 aliphatic heterocycles. The lowest BCUT2D eigenvalue weighted by Gasteiger charge is -2.11. The van der Waals surface area contributed by atoms with E-state index in [4.69, 9.17) is 5.73 Å². The molecule has 0 fully saturated rings. The maximum absolute atomic E-state index is 12.8. The largest absolute Gasteiger partial charge is 0.354 e. The summed E-state index contributed by atoms with van der Waals surface area (Å²) in [4.78, 5) is 21.9. The first-order valence-corrected chi connectivity index (χ1v) is 8.88. The molecule has 0 bridgehead atoms. The van der Waals surface area contributed by atoms with Crippen molar-refractivity contribution in [3.05, 3.63) is 10.4 Å². The van der Waals surface area contributed by atoms with Crippen LogP contribution in [0.1, 0.15) is 27.2 Å². The third-order valence-corrected chi connectivity index (χ3v) is 4.98. The summed E-state index contributed by atoms with van der Waals surface area (Å²) in [6.07, 6.45) is 1.00. The van der Waals surface area contributed by atoms with Gasteiger partial charge >= 0.3 is 0 Å². The number of rotatable bonds is 7. The molecule has 0 amide bonds. The highest BCUT2D eigenvalue weighted by molar-refractivity contribution is 7.99. The van der Waals surface area contributed by atoms with E-state index < -0.39 is 0 Å². The highest BCUT2D eigenvalue weighted by Crippen LogP contribution is 2.24. The van der Waals surface area contributed by atoms with E-state index in [0.717, 1.165) is 6.42 Å². The van der Waals surface area contributed by atoms with Crippen molar-refractivity contribution in [2.24, 2.45) is 12.8 Å². The zero-order chi connectivity index (χ0) is 17.7. The molecule has 0 aliphatic carbocycles. The fraction of sp³-hybridized carbons (Fsp3) is 0.562. The molecular weight excluding hydrogens is 324 g/mol. The van der Waals surface area contributed by atoms with E-state index in [2.05, 4.69) is 41.0 Å². The smallest absolute Gasteiger partial charge is 0.280 e. The maximum Gasteiger partial charge on any atom is 0.280 e. The minimum absolute atomic E-state index is 0.114. The molecule has 8 heteroatoms. The van der Waals surface area contributed by atoms with Gasteiger partial charge in [0.2, 0.25) is 5.95 Å². The van der Waals surface area contributed by atoms with Crippen LogP contribution in [0.5, 0.6) is 0 Å². The molecule has 0 saturated heterocycles. The second-order valence-electron chi connectivity index (χ2n) is 5.43. The van der Waals surface area contributed by atoms with Gasteiger partial charge in [-0.05, 0) is 13.3 Å². The minimum Gasteiger partial charge on any atom is -0.354 e. The monoisotopic (exact) mass is 348 g/mol. The summed E-state index contributed by atoms with van der Waals surface area (Å²) in [5.74, 6) is 6.41. The number of nitrogens with zero attached hydrogens (tertiary/aromatic N) is 4. The van der Waals surface area contributed by atoms with E-state index in [-0.39, 0.29) is 5.56 Å². The lowest BCUT2D eigenvalue weighted by molar-refractivity contribution is 0.712. The normalized spacial score (nSPS) is 12.0. The topological polar surface area (TPSA) is 90.8 Å². The number of nitrogens with two attached hydrogens (primary N) is 1. The van der Waals surface area contributed by atoms with Gasteiger partial charge in [-0.25, -0.2) is 4.98 Å². The van der Waals surface area contributed by atoms with Crippen LogP contribution in [-0.2, 0) is 13.6 Å². The number of nitrogens with one attached hydrogen (secondary N) is 1. The van der Waals surface area contributed by atoms with E-state index in [9.17, 15) is 4.79 Å². The first kappa shape index (κ1) is 18.4. The number of aromatic nitrogens is 4. The van der Waals surface area contributed by atoms with Crippen LogP contribution >= 0.6 is 11.8 Å². The van der Waals surface area contributed by atoms with Crippen molar-refractivity contribution in [3.63, 3.8) is 0 Å². The quantitative estimate of drug-likeness (QED) is 0.447. The molecule has 130 valence electrons. The van der Waals surface area contributed by atoms with Crippen LogP contribution in [0.15, 0.2) is 9.95 Å². The maximum atomic E-state index is 12.8. The summed E-state index contributed by atoms with van der Waals surface area (Å²) in [5, 5.41) is 4.20. The second-order valence-corrected chi connectivity index (χ2v) is 6.84. The fourth-order valence-corrected chi connectivity index (χ4v) is 3.05. The molecule has 1 atom stereocenters. The Morgan fingerprint density at radius 2 is 2.17 bits per heavy atom. The van der Waals surface area contributed by atoms with Crippen molar-refractivity contribution in [2.45, 2.75) is 44.1 Å². The number of fused-ring (bicyclic) bond motifs is 1. The highest BCUT2D eigenvalue weighted by Gasteiger charge is 2.18. The van der Waals surface area contributed by atoms with Gasteiger partial charge in [0.25, 0.3) is 5.56 Å². The number of hydrogen-bond donors (Lipinski definition) is 2. The predicted molar refractivity (Wildman–Crippen MR) is 99.4 cm³/mol. The van der Waals surface area contributed by atoms with Crippen LogP contribution in [-0.4, -0.2) is 37.4 Å².